The minimum Gasteiger partial charge on any atom is -0.381 e. The highest BCUT2D eigenvalue weighted by Gasteiger charge is 2.21. The number of rotatable bonds is 4. The fourth-order valence-electron chi connectivity index (χ4n) is 1.39. The maximum Gasteiger partial charge on any atom is 0.0509 e. The second kappa shape index (κ2) is 4.85. The molecule has 0 aromatic carbocycles. The lowest BCUT2D eigenvalue weighted by atomic mass is 10.0. The molecule has 2 nitrogen and oxygen atoms in total. The minimum atomic E-state index is 0.475. The molecule has 2 unspecified atom stereocenters. The summed E-state index contributed by atoms with van der Waals surface area (Å²) in [5.74, 6) is 0.640. The van der Waals surface area contributed by atoms with E-state index in [4.69, 9.17) is 16.3 Å². The SMILES string of the molecule is C=C(Cl)CNC(C)C1CCOC1. The van der Waals surface area contributed by atoms with Crippen LogP contribution in [0.25, 0.3) is 0 Å². The molecule has 0 bridgehead atoms. The van der Waals surface area contributed by atoms with Crippen LogP contribution in [-0.2, 0) is 4.74 Å². The zero-order chi connectivity index (χ0) is 8.97. The van der Waals surface area contributed by atoms with Crippen LogP contribution < -0.4 is 5.32 Å². The first-order valence-corrected chi connectivity index (χ1v) is 4.72. The Labute approximate surface area is 78.9 Å². The van der Waals surface area contributed by atoms with E-state index in [1.807, 2.05) is 0 Å². The van der Waals surface area contributed by atoms with Gasteiger partial charge in [0, 0.05) is 24.2 Å². The second-order valence-electron chi connectivity index (χ2n) is 3.31. The molecule has 1 aliphatic rings. The van der Waals surface area contributed by atoms with Crippen LogP contribution in [0.2, 0.25) is 0 Å². The summed E-state index contributed by atoms with van der Waals surface area (Å²) in [6.07, 6.45) is 1.16. The summed E-state index contributed by atoms with van der Waals surface area (Å²) in [6, 6.07) is 0.475. The Balaban J connectivity index is 2.17. The van der Waals surface area contributed by atoms with Crippen molar-refractivity contribution in [1.29, 1.82) is 0 Å². The van der Waals surface area contributed by atoms with E-state index in [0.29, 0.717) is 23.5 Å². The monoisotopic (exact) mass is 189 g/mol. The van der Waals surface area contributed by atoms with E-state index < -0.39 is 0 Å². The Kier molecular flexibility index (Phi) is 4.06. The van der Waals surface area contributed by atoms with E-state index in [1.165, 1.54) is 0 Å². The van der Waals surface area contributed by atoms with Crippen molar-refractivity contribution in [3.63, 3.8) is 0 Å². The lowest BCUT2D eigenvalue weighted by molar-refractivity contribution is 0.179. The van der Waals surface area contributed by atoms with Crippen molar-refractivity contribution in [1.82, 2.24) is 5.32 Å². The molecule has 3 heteroatoms. The largest absolute Gasteiger partial charge is 0.381 e. The smallest absolute Gasteiger partial charge is 0.0509 e. The van der Waals surface area contributed by atoms with Crippen molar-refractivity contribution >= 4 is 11.6 Å². The third kappa shape index (κ3) is 3.13. The molecular weight excluding hydrogens is 174 g/mol. The van der Waals surface area contributed by atoms with Crippen LogP contribution in [0.3, 0.4) is 0 Å². The highest BCUT2D eigenvalue weighted by molar-refractivity contribution is 6.29. The molecule has 2 atom stereocenters. The number of halogens is 1. The Morgan fingerprint density at radius 3 is 3.08 bits per heavy atom. The Morgan fingerprint density at radius 1 is 1.83 bits per heavy atom. The average molecular weight is 190 g/mol. The van der Waals surface area contributed by atoms with Gasteiger partial charge in [-0.1, -0.05) is 18.2 Å². The predicted molar refractivity (Wildman–Crippen MR) is 51.4 cm³/mol. The Bertz CT molecular complexity index is 155. The molecule has 0 spiro atoms. The highest BCUT2D eigenvalue weighted by Crippen LogP contribution is 2.16. The van der Waals surface area contributed by atoms with Crippen LogP contribution >= 0.6 is 11.6 Å². The molecule has 1 heterocycles. The summed E-state index contributed by atoms with van der Waals surface area (Å²) in [5.41, 5.74) is 0. The third-order valence-electron chi connectivity index (χ3n) is 2.29. The predicted octanol–water partition coefficient (Wildman–Crippen LogP) is 1.75. The summed E-state index contributed by atoms with van der Waals surface area (Å²) in [6.45, 7) is 8.26. The van der Waals surface area contributed by atoms with Crippen molar-refractivity contribution in [2.45, 2.75) is 19.4 Å². The van der Waals surface area contributed by atoms with E-state index in [1.54, 1.807) is 0 Å². The fraction of sp³-hybridized carbons (Fsp3) is 0.778. The zero-order valence-electron chi connectivity index (χ0n) is 7.48. The number of nitrogens with one attached hydrogen (secondary N) is 1. The molecule has 0 amide bonds. The number of hydrogen-bond donors (Lipinski definition) is 1. The van der Waals surface area contributed by atoms with Gasteiger partial charge in [-0.3, -0.25) is 0 Å². The molecule has 12 heavy (non-hydrogen) atoms. The van der Waals surface area contributed by atoms with Crippen molar-refractivity contribution in [3.05, 3.63) is 11.6 Å². The van der Waals surface area contributed by atoms with Gasteiger partial charge < -0.3 is 10.1 Å². The normalized spacial score (nSPS) is 25.7. The summed E-state index contributed by atoms with van der Waals surface area (Å²) < 4.78 is 5.29. The first-order chi connectivity index (χ1) is 5.70. The van der Waals surface area contributed by atoms with Gasteiger partial charge in [-0.25, -0.2) is 0 Å². The van der Waals surface area contributed by atoms with Gasteiger partial charge in [-0.2, -0.15) is 0 Å². The van der Waals surface area contributed by atoms with Gasteiger partial charge in [0.05, 0.1) is 6.61 Å². The maximum absolute atomic E-state index is 5.64. The molecule has 1 aliphatic heterocycles. The first kappa shape index (κ1) is 10.0. The second-order valence-corrected chi connectivity index (χ2v) is 3.85. The third-order valence-corrected chi connectivity index (χ3v) is 2.42. The summed E-state index contributed by atoms with van der Waals surface area (Å²) in [7, 11) is 0. The van der Waals surface area contributed by atoms with E-state index in [-0.39, 0.29) is 0 Å². The fourth-order valence-corrected chi connectivity index (χ4v) is 1.46. The van der Waals surface area contributed by atoms with Gasteiger partial charge in [0.15, 0.2) is 0 Å². The maximum atomic E-state index is 5.64. The molecule has 1 saturated heterocycles. The van der Waals surface area contributed by atoms with Crippen molar-refractivity contribution < 1.29 is 4.74 Å². The first-order valence-electron chi connectivity index (χ1n) is 4.34. The molecule has 70 valence electrons. The van der Waals surface area contributed by atoms with Crippen LogP contribution in [-0.4, -0.2) is 25.8 Å². The summed E-state index contributed by atoms with van der Waals surface area (Å²) in [4.78, 5) is 0. The standard InChI is InChI=1S/C9H16ClNO/c1-7(10)5-11-8(2)9-3-4-12-6-9/h8-9,11H,1,3-6H2,2H3. The Hall–Kier alpha value is -0.0500. The van der Waals surface area contributed by atoms with E-state index >= 15 is 0 Å². The van der Waals surface area contributed by atoms with Gasteiger partial charge >= 0.3 is 0 Å². The van der Waals surface area contributed by atoms with Crippen molar-refractivity contribution in [2.75, 3.05) is 19.8 Å². The summed E-state index contributed by atoms with van der Waals surface area (Å²) >= 11 is 5.64. The molecule has 0 aliphatic carbocycles. The van der Waals surface area contributed by atoms with Gasteiger partial charge in [-0.05, 0) is 19.3 Å². The highest BCUT2D eigenvalue weighted by atomic mass is 35.5. The van der Waals surface area contributed by atoms with Crippen LogP contribution in [0.15, 0.2) is 11.6 Å². The van der Waals surface area contributed by atoms with Crippen LogP contribution in [0.1, 0.15) is 13.3 Å². The van der Waals surface area contributed by atoms with Gasteiger partial charge in [0.1, 0.15) is 0 Å². The summed E-state index contributed by atoms with van der Waals surface area (Å²) in [5, 5.41) is 3.98. The average Bonchev–Trinajstić information content (AvgIpc) is 2.51. The van der Waals surface area contributed by atoms with Gasteiger partial charge in [0.25, 0.3) is 0 Å². The molecule has 1 fully saturated rings. The topological polar surface area (TPSA) is 21.3 Å². The van der Waals surface area contributed by atoms with Gasteiger partial charge in [-0.15, -0.1) is 0 Å². The van der Waals surface area contributed by atoms with Crippen molar-refractivity contribution in [3.8, 4) is 0 Å². The van der Waals surface area contributed by atoms with E-state index in [9.17, 15) is 0 Å². The zero-order valence-corrected chi connectivity index (χ0v) is 8.23. The Morgan fingerprint density at radius 2 is 2.58 bits per heavy atom. The number of hydrogen-bond acceptors (Lipinski definition) is 2. The molecular formula is C9H16ClNO. The molecule has 0 aromatic heterocycles. The van der Waals surface area contributed by atoms with E-state index in [0.717, 1.165) is 19.6 Å². The van der Waals surface area contributed by atoms with E-state index in [2.05, 4.69) is 18.8 Å². The molecule has 0 saturated carbocycles. The molecule has 1 rings (SSSR count). The lowest BCUT2D eigenvalue weighted by Gasteiger charge is -2.18. The minimum absolute atomic E-state index is 0.475. The number of ether oxygens (including phenoxy) is 1. The molecule has 0 radical (unpaired) electrons. The van der Waals surface area contributed by atoms with Crippen LogP contribution in [0.5, 0.6) is 0 Å². The molecule has 0 aromatic rings. The van der Waals surface area contributed by atoms with Crippen LogP contribution in [0.4, 0.5) is 0 Å². The molecule has 1 N–H and O–H groups in total. The van der Waals surface area contributed by atoms with Crippen molar-refractivity contribution in [2.24, 2.45) is 5.92 Å². The van der Waals surface area contributed by atoms with Gasteiger partial charge in [0.2, 0.25) is 0 Å². The van der Waals surface area contributed by atoms with Crippen LogP contribution in [0, 0.1) is 5.92 Å². The lowest BCUT2D eigenvalue weighted by Crippen LogP contribution is -2.34. The quantitative estimate of drug-likeness (QED) is 0.728.